The van der Waals surface area contributed by atoms with Gasteiger partial charge in [0, 0.05) is 44.2 Å². The lowest BCUT2D eigenvalue weighted by Gasteiger charge is -2.31. The molecule has 0 bridgehead atoms. The van der Waals surface area contributed by atoms with Gasteiger partial charge in [-0.15, -0.1) is 0 Å². The van der Waals surface area contributed by atoms with Crippen LogP contribution in [0.5, 0.6) is 5.75 Å². The molecule has 2 aromatic rings. The second-order valence-electron chi connectivity index (χ2n) is 7.78. The Bertz CT molecular complexity index is 1000. The van der Waals surface area contributed by atoms with Gasteiger partial charge in [0.05, 0.1) is 24.1 Å². The summed E-state index contributed by atoms with van der Waals surface area (Å²) in [5.74, 6) is 1.88. The lowest BCUT2D eigenvalue weighted by atomic mass is 10.1. The van der Waals surface area contributed by atoms with Crippen molar-refractivity contribution in [1.82, 2.24) is 19.8 Å². The van der Waals surface area contributed by atoms with E-state index in [1.54, 1.807) is 36.7 Å². The zero-order valence-electron chi connectivity index (χ0n) is 16.9. The van der Waals surface area contributed by atoms with Crippen molar-refractivity contribution in [3.05, 3.63) is 35.7 Å². The molecule has 2 aromatic heterocycles. The fourth-order valence-electron chi connectivity index (χ4n) is 4.06. The van der Waals surface area contributed by atoms with Gasteiger partial charge in [0.25, 0.3) is 5.91 Å². The summed E-state index contributed by atoms with van der Waals surface area (Å²) in [7, 11) is 1.76. The summed E-state index contributed by atoms with van der Waals surface area (Å²) < 4.78 is 5.82. The van der Waals surface area contributed by atoms with Crippen LogP contribution in [0.1, 0.15) is 41.4 Å². The molecule has 3 aliphatic rings. The SMILES string of the molecule is CN1C=Nc2cc(N3CCOc4cc(C(=O)N5CCCCC5)cnc43)ncc2C1O. The molecule has 0 spiro atoms. The van der Waals surface area contributed by atoms with Crippen LogP contribution in [0.4, 0.5) is 17.3 Å². The molecule has 3 aliphatic heterocycles. The number of amides is 1. The van der Waals surface area contributed by atoms with E-state index in [1.807, 2.05) is 15.9 Å². The van der Waals surface area contributed by atoms with Crippen molar-refractivity contribution in [1.29, 1.82) is 0 Å². The molecule has 1 N–H and O–H groups in total. The number of likely N-dealkylation sites (tertiary alicyclic amines) is 1. The second-order valence-corrected chi connectivity index (χ2v) is 7.78. The monoisotopic (exact) mass is 408 g/mol. The summed E-state index contributed by atoms with van der Waals surface area (Å²) in [5.41, 5.74) is 1.88. The first kappa shape index (κ1) is 18.8. The molecule has 0 aromatic carbocycles. The number of hydrogen-bond acceptors (Lipinski definition) is 8. The van der Waals surface area contributed by atoms with Gasteiger partial charge in [0.15, 0.2) is 17.8 Å². The molecule has 1 atom stereocenters. The summed E-state index contributed by atoms with van der Waals surface area (Å²) in [6.45, 7) is 2.63. The highest BCUT2D eigenvalue weighted by atomic mass is 16.5. The molecular weight excluding hydrogens is 384 g/mol. The summed E-state index contributed by atoms with van der Waals surface area (Å²) in [6.07, 6.45) is 7.36. The number of fused-ring (bicyclic) bond motifs is 2. The lowest BCUT2D eigenvalue weighted by molar-refractivity contribution is 0.0706. The van der Waals surface area contributed by atoms with Crippen LogP contribution in [-0.4, -0.2) is 70.4 Å². The molecule has 0 radical (unpaired) electrons. The number of piperidine rings is 1. The Hall–Kier alpha value is -3.20. The molecular formula is C21H24N6O3. The summed E-state index contributed by atoms with van der Waals surface area (Å²) in [6, 6.07) is 3.62. The van der Waals surface area contributed by atoms with Gasteiger partial charge in [0.2, 0.25) is 0 Å². The van der Waals surface area contributed by atoms with E-state index >= 15 is 0 Å². The molecule has 156 valence electrons. The lowest BCUT2D eigenvalue weighted by Crippen LogP contribution is -2.36. The number of aliphatic hydroxyl groups is 1. The Balaban J connectivity index is 1.44. The van der Waals surface area contributed by atoms with Crippen LogP contribution in [0.25, 0.3) is 0 Å². The highest BCUT2D eigenvalue weighted by molar-refractivity contribution is 5.95. The van der Waals surface area contributed by atoms with Crippen LogP contribution < -0.4 is 9.64 Å². The van der Waals surface area contributed by atoms with Crippen LogP contribution >= 0.6 is 0 Å². The van der Waals surface area contributed by atoms with E-state index in [0.717, 1.165) is 25.9 Å². The van der Waals surface area contributed by atoms with Gasteiger partial charge < -0.3 is 24.5 Å². The third kappa shape index (κ3) is 3.24. The van der Waals surface area contributed by atoms with E-state index < -0.39 is 6.23 Å². The van der Waals surface area contributed by atoms with E-state index in [0.29, 0.717) is 47.4 Å². The van der Waals surface area contributed by atoms with Crippen LogP contribution in [0.15, 0.2) is 29.5 Å². The Morgan fingerprint density at radius 1 is 1.13 bits per heavy atom. The molecule has 5 heterocycles. The molecule has 1 unspecified atom stereocenters. The van der Waals surface area contributed by atoms with Gasteiger partial charge >= 0.3 is 0 Å². The molecule has 0 saturated carbocycles. The molecule has 1 saturated heterocycles. The maximum atomic E-state index is 12.8. The number of aromatic nitrogens is 2. The molecule has 9 nitrogen and oxygen atoms in total. The third-order valence-corrected chi connectivity index (χ3v) is 5.77. The van der Waals surface area contributed by atoms with Gasteiger partial charge in [-0.05, 0) is 25.3 Å². The van der Waals surface area contributed by atoms with Crippen molar-refractivity contribution in [2.75, 3.05) is 38.2 Å². The highest BCUT2D eigenvalue weighted by Gasteiger charge is 2.27. The fourth-order valence-corrected chi connectivity index (χ4v) is 4.06. The zero-order valence-corrected chi connectivity index (χ0v) is 16.9. The summed E-state index contributed by atoms with van der Waals surface area (Å²) in [4.78, 5) is 31.7. The minimum absolute atomic E-state index is 0.00470. The van der Waals surface area contributed by atoms with Crippen molar-refractivity contribution >= 4 is 29.6 Å². The van der Waals surface area contributed by atoms with Crippen LogP contribution in [0.3, 0.4) is 0 Å². The van der Waals surface area contributed by atoms with Crippen molar-refractivity contribution in [2.24, 2.45) is 4.99 Å². The number of pyridine rings is 2. The predicted molar refractivity (Wildman–Crippen MR) is 112 cm³/mol. The Morgan fingerprint density at radius 2 is 1.97 bits per heavy atom. The first-order chi connectivity index (χ1) is 14.6. The van der Waals surface area contributed by atoms with Crippen molar-refractivity contribution < 1.29 is 14.6 Å². The largest absolute Gasteiger partial charge is 0.488 e. The number of ether oxygens (including phenoxy) is 1. The number of hydrogen-bond donors (Lipinski definition) is 1. The normalized spacial score (nSPS) is 20.5. The number of nitrogens with zero attached hydrogens (tertiary/aromatic N) is 6. The Morgan fingerprint density at radius 3 is 2.80 bits per heavy atom. The number of aliphatic hydroxyl groups excluding tert-OH is 1. The van der Waals surface area contributed by atoms with E-state index in [4.69, 9.17) is 4.74 Å². The molecule has 5 rings (SSSR count). The fraction of sp³-hybridized carbons (Fsp3) is 0.429. The summed E-state index contributed by atoms with van der Waals surface area (Å²) in [5, 5.41) is 10.3. The molecule has 9 heteroatoms. The minimum Gasteiger partial charge on any atom is -0.488 e. The third-order valence-electron chi connectivity index (χ3n) is 5.77. The van der Waals surface area contributed by atoms with Gasteiger partial charge in [-0.25, -0.2) is 15.0 Å². The van der Waals surface area contributed by atoms with E-state index in [-0.39, 0.29) is 5.91 Å². The smallest absolute Gasteiger partial charge is 0.255 e. The summed E-state index contributed by atoms with van der Waals surface area (Å²) >= 11 is 0. The van der Waals surface area contributed by atoms with Crippen molar-refractivity contribution in [3.8, 4) is 5.75 Å². The van der Waals surface area contributed by atoms with E-state index in [2.05, 4.69) is 15.0 Å². The van der Waals surface area contributed by atoms with Gasteiger partial charge in [-0.2, -0.15) is 0 Å². The maximum absolute atomic E-state index is 12.8. The highest BCUT2D eigenvalue weighted by Crippen LogP contribution is 2.38. The van der Waals surface area contributed by atoms with Gasteiger partial charge in [0.1, 0.15) is 12.4 Å². The average Bonchev–Trinajstić information content (AvgIpc) is 2.80. The van der Waals surface area contributed by atoms with Gasteiger partial charge in [-0.3, -0.25) is 4.79 Å². The topological polar surface area (TPSA) is 94.4 Å². The number of carbonyl (C=O) groups is 1. The Kier molecular flexibility index (Phi) is 4.74. The minimum atomic E-state index is -0.766. The number of carbonyl (C=O) groups excluding carboxylic acids is 1. The van der Waals surface area contributed by atoms with E-state index in [9.17, 15) is 9.90 Å². The average molecular weight is 408 g/mol. The molecule has 1 amide bonds. The van der Waals surface area contributed by atoms with Crippen LogP contribution in [0.2, 0.25) is 0 Å². The van der Waals surface area contributed by atoms with Gasteiger partial charge in [-0.1, -0.05) is 0 Å². The molecule has 1 fully saturated rings. The standard InChI is InChI=1S/C21H24N6O3/c1-25-13-24-16-10-18(22-12-15(16)21(25)29)27-7-8-30-17-9-14(11-23-19(17)27)20(28)26-5-3-2-4-6-26/h9-13,21,29H,2-8H2,1H3. The number of rotatable bonds is 2. The molecule has 30 heavy (non-hydrogen) atoms. The van der Waals surface area contributed by atoms with Crippen molar-refractivity contribution in [3.63, 3.8) is 0 Å². The zero-order chi connectivity index (χ0) is 20.7. The Labute approximate surface area is 174 Å². The number of aliphatic imine (C=N–C) groups is 1. The predicted octanol–water partition coefficient (Wildman–Crippen LogP) is 2.23. The second kappa shape index (κ2) is 7.56. The quantitative estimate of drug-likeness (QED) is 0.814. The first-order valence-corrected chi connectivity index (χ1v) is 10.3. The van der Waals surface area contributed by atoms with Crippen molar-refractivity contribution in [2.45, 2.75) is 25.5 Å². The number of anilines is 2. The van der Waals surface area contributed by atoms with Crippen LogP contribution in [-0.2, 0) is 0 Å². The van der Waals surface area contributed by atoms with E-state index in [1.165, 1.54) is 6.42 Å². The maximum Gasteiger partial charge on any atom is 0.255 e. The van der Waals surface area contributed by atoms with Crippen LogP contribution in [0, 0.1) is 0 Å². The molecule has 0 aliphatic carbocycles. The first-order valence-electron chi connectivity index (χ1n) is 10.3.